The van der Waals surface area contributed by atoms with Crippen molar-refractivity contribution in [2.45, 2.75) is 19.0 Å². The molecule has 0 aliphatic rings. The van der Waals surface area contributed by atoms with Crippen LogP contribution in [0, 0.1) is 5.82 Å². The van der Waals surface area contributed by atoms with Crippen molar-refractivity contribution in [3.63, 3.8) is 0 Å². The van der Waals surface area contributed by atoms with Crippen molar-refractivity contribution < 1.29 is 18.7 Å². The van der Waals surface area contributed by atoms with E-state index in [2.05, 4.69) is 30.9 Å². The maximum Gasteiger partial charge on any atom is 0.412 e. The van der Waals surface area contributed by atoms with E-state index in [0.29, 0.717) is 17.2 Å². The Morgan fingerprint density at radius 3 is 2.77 bits per heavy atom. The average Bonchev–Trinajstić information content (AvgIpc) is 3.36. The molecule has 0 spiro atoms. The smallest absolute Gasteiger partial charge is 0.412 e. The second-order valence-corrected chi connectivity index (χ2v) is 9.35. The SMILES string of the molecule is O=C(CNCc1cccc(F)c1Cl)N[C@H](COC(=O)Nc1cc2ccccc2cn1)Cc1ncc2cnccn12. The van der Waals surface area contributed by atoms with Crippen LogP contribution in [0.3, 0.4) is 0 Å². The number of nitrogens with zero attached hydrogens (tertiary/aromatic N) is 4. The van der Waals surface area contributed by atoms with E-state index >= 15 is 0 Å². The molecule has 0 saturated heterocycles. The maximum atomic E-state index is 13.7. The highest BCUT2D eigenvalue weighted by Crippen LogP contribution is 2.19. The molecule has 12 heteroatoms. The number of benzene rings is 2. The maximum absolute atomic E-state index is 13.7. The molecule has 2 amide bonds. The molecule has 5 aromatic rings. The van der Waals surface area contributed by atoms with E-state index in [9.17, 15) is 14.0 Å². The van der Waals surface area contributed by atoms with Crippen molar-refractivity contribution in [2.24, 2.45) is 0 Å². The Morgan fingerprint density at radius 1 is 1.05 bits per heavy atom. The van der Waals surface area contributed by atoms with Gasteiger partial charge in [-0.2, -0.15) is 0 Å². The molecular weight excluding hydrogens is 537 g/mol. The predicted molar refractivity (Wildman–Crippen MR) is 148 cm³/mol. The van der Waals surface area contributed by atoms with Crippen molar-refractivity contribution in [2.75, 3.05) is 18.5 Å². The van der Waals surface area contributed by atoms with E-state index in [-0.39, 0.29) is 37.0 Å². The van der Waals surface area contributed by atoms with Crippen molar-refractivity contribution in [1.82, 2.24) is 30.0 Å². The molecule has 10 nitrogen and oxygen atoms in total. The molecule has 3 heterocycles. The van der Waals surface area contributed by atoms with Crippen LogP contribution >= 0.6 is 11.6 Å². The lowest BCUT2D eigenvalue weighted by Gasteiger charge is -2.19. The van der Waals surface area contributed by atoms with Gasteiger partial charge in [0, 0.05) is 36.9 Å². The van der Waals surface area contributed by atoms with Crippen LogP contribution < -0.4 is 16.0 Å². The van der Waals surface area contributed by atoms with E-state index in [1.807, 2.05) is 28.7 Å². The molecule has 1 atom stereocenters. The molecule has 0 unspecified atom stereocenters. The highest BCUT2D eigenvalue weighted by Gasteiger charge is 2.19. The van der Waals surface area contributed by atoms with Gasteiger partial charge >= 0.3 is 6.09 Å². The number of carbonyl (C=O) groups is 2. The van der Waals surface area contributed by atoms with Gasteiger partial charge in [0.1, 0.15) is 24.1 Å². The van der Waals surface area contributed by atoms with E-state index in [0.717, 1.165) is 16.3 Å². The van der Waals surface area contributed by atoms with Crippen LogP contribution in [0.2, 0.25) is 5.02 Å². The number of nitrogens with one attached hydrogen (secondary N) is 3. The fourth-order valence-electron chi connectivity index (χ4n) is 4.17. The Morgan fingerprint density at radius 2 is 1.90 bits per heavy atom. The molecular formula is C28H25ClFN7O3. The highest BCUT2D eigenvalue weighted by molar-refractivity contribution is 6.31. The first kappa shape index (κ1) is 27.0. The Labute approximate surface area is 233 Å². The van der Waals surface area contributed by atoms with Crippen LogP contribution in [0.15, 0.2) is 79.5 Å². The quantitative estimate of drug-likeness (QED) is 0.234. The minimum absolute atomic E-state index is 0.00859. The van der Waals surface area contributed by atoms with Gasteiger partial charge in [-0.15, -0.1) is 0 Å². The molecule has 5 rings (SSSR count). The molecule has 2 aromatic carbocycles. The number of hydrogen-bond acceptors (Lipinski definition) is 7. The van der Waals surface area contributed by atoms with Gasteiger partial charge in [0.05, 0.1) is 35.5 Å². The van der Waals surface area contributed by atoms with Crippen molar-refractivity contribution >= 4 is 45.7 Å². The number of halogens is 2. The van der Waals surface area contributed by atoms with Crippen LogP contribution in [0.25, 0.3) is 16.3 Å². The first-order chi connectivity index (χ1) is 19.5. The first-order valence-electron chi connectivity index (χ1n) is 12.4. The summed E-state index contributed by atoms with van der Waals surface area (Å²) < 4.78 is 21.0. The number of ether oxygens (including phenoxy) is 1. The Hall–Kier alpha value is -4.61. The van der Waals surface area contributed by atoms with E-state index in [1.54, 1.807) is 49.2 Å². The number of fused-ring (bicyclic) bond motifs is 2. The van der Waals surface area contributed by atoms with Gasteiger partial charge in [0.15, 0.2) is 0 Å². The zero-order chi connectivity index (χ0) is 27.9. The molecule has 204 valence electrons. The Kier molecular flexibility index (Phi) is 8.43. The van der Waals surface area contributed by atoms with Gasteiger partial charge in [-0.1, -0.05) is 48.0 Å². The lowest BCUT2D eigenvalue weighted by Crippen LogP contribution is -2.44. The van der Waals surface area contributed by atoms with Crippen LogP contribution in [0.4, 0.5) is 15.0 Å². The summed E-state index contributed by atoms with van der Waals surface area (Å²) in [5.74, 6) is 0.126. The lowest BCUT2D eigenvalue weighted by molar-refractivity contribution is -0.121. The van der Waals surface area contributed by atoms with E-state index in [1.165, 1.54) is 6.07 Å². The molecule has 0 radical (unpaired) electrons. The zero-order valence-corrected chi connectivity index (χ0v) is 21.9. The lowest BCUT2D eigenvalue weighted by atomic mass is 10.2. The number of amides is 2. The second kappa shape index (κ2) is 12.5. The third kappa shape index (κ3) is 6.68. The van der Waals surface area contributed by atoms with Crippen LogP contribution in [0.5, 0.6) is 0 Å². The minimum Gasteiger partial charge on any atom is -0.447 e. The molecule has 0 saturated carbocycles. The highest BCUT2D eigenvalue weighted by atomic mass is 35.5. The van der Waals surface area contributed by atoms with Gasteiger partial charge in [-0.3, -0.25) is 15.1 Å². The summed E-state index contributed by atoms with van der Waals surface area (Å²) in [5.41, 5.74) is 1.32. The van der Waals surface area contributed by atoms with Crippen molar-refractivity contribution in [3.8, 4) is 0 Å². The number of aromatic nitrogens is 4. The standard InChI is InChI=1S/C28H25ClFN7O3/c29-27-20(6-3-7-23(27)30)12-32-16-26(38)35-21(11-25-34-15-22-14-31-8-9-37(22)25)17-40-28(39)36-24-10-18-4-1-2-5-19(18)13-33-24/h1-10,13-15,21,32H,11-12,16-17H2,(H,35,38)(H,33,36,39)/t21-/m0/s1. The zero-order valence-electron chi connectivity index (χ0n) is 21.2. The molecule has 0 bridgehead atoms. The number of hydrogen-bond donors (Lipinski definition) is 3. The topological polar surface area (TPSA) is 123 Å². The summed E-state index contributed by atoms with van der Waals surface area (Å²) in [6, 6.07) is 13.3. The van der Waals surface area contributed by atoms with Crippen molar-refractivity contribution in [3.05, 3.63) is 102 Å². The fraction of sp³-hybridized carbons (Fsp3) is 0.179. The minimum atomic E-state index is -0.710. The largest absolute Gasteiger partial charge is 0.447 e. The number of pyridine rings is 1. The summed E-state index contributed by atoms with van der Waals surface area (Å²) in [5, 5.41) is 10.3. The first-order valence-corrected chi connectivity index (χ1v) is 12.8. The molecule has 0 aliphatic heterocycles. The summed E-state index contributed by atoms with van der Waals surface area (Å²) in [6.45, 7) is 0.00785. The third-order valence-electron chi connectivity index (χ3n) is 6.11. The van der Waals surface area contributed by atoms with Crippen LogP contribution in [-0.4, -0.2) is 50.5 Å². The average molecular weight is 562 g/mol. The summed E-state index contributed by atoms with van der Waals surface area (Å²) in [6.07, 6.45) is 7.97. The summed E-state index contributed by atoms with van der Waals surface area (Å²) in [7, 11) is 0. The number of imidazole rings is 1. The molecule has 3 aromatic heterocycles. The molecule has 0 aliphatic carbocycles. The van der Waals surface area contributed by atoms with Crippen LogP contribution in [-0.2, 0) is 22.5 Å². The summed E-state index contributed by atoms with van der Waals surface area (Å²) >= 11 is 5.99. The normalized spacial score (nSPS) is 11.8. The summed E-state index contributed by atoms with van der Waals surface area (Å²) in [4.78, 5) is 38.1. The Bertz CT molecular complexity index is 1660. The van der Waals surface area contributed by atoms with Crippen LogP contribution in [0.1, 0.15) is 11.4 Å². The monoisotopic (exact) mass is 561 g/mol. The van der Waals surface area contributed by atoms with Gasteiger partial charge < -0.3 is 19.8 Å². The van der Waals surface area contributed by atoms with Gasteiger partial charge in [0.2, 0.25) is 5.91 Å². The number of carbonyl (C=O) groups excluding carboxylic acids is 2. The predicted octanol–water partition coefficient (Wildman–Crippen LogP) is 4.14. The molecule has 40 heavy (non-hydrogen) atoms. The third-order valence-corrected chi connectivity index (χ3v) is 6.54. The van der Waals surface area contributed by atoms with Gasteiger partial charge in [-0.25, -0.2) is 19.2 Å². The second-order valence-electron chi connectivity index (χ2n) is 8.97. The van der Waals surface area contributed by atoms with E-state index in [4.69, 9.17) is 16.3 Å². The van der Waals surface area contributed by atoms with Gasteiger partial charge in [-0.05, 0) is 23.1 Å². The fourth-order valence-corrected chi connectivity index (χ4v) is 4.37. The van der Waals surface area contributed by atoms with E-state index < -0.39 is 18.0 Å². The molecule has 3 N–H and O–H groups in total. The number of rotatable bonds is 10. The van der Waals surface area contributed by atoms with Crippen molar-refractivity contribution in [1.29, 1.82) is 0 Å². The molecule has 0 fully saturated rings. The Balaban J connectivity index is 1.21. The van der Waals surface area contributed by atoms with Gasteiger partial charge in [0.25, 0.3) is 0 Å². The number of anilines is 1.